The summed E-state index contributed by atoms with van der Waals surface area (Å²) in [7, 11) is 0. The molecule has 0 radical (unpaired) electrons. The summed E-state index contributed by atoms with van der Waals surface area (Å²) in [6.07, 6.45) is 0. The Morgan fingerprint density at radius 1 is 1.62 bits per heavy atom. The Kier molecular flexibility index (Phi) is 3.96. The van der Waals surface area contributed by atoms with E-state index in [-0.39, 0.29) is 23.9 Å². The maximum absolute atomic E-state index is 11.5. The van der Waals surface area contributed by atoms with Gasteiger partial charge in [0.1, 0.15) is 0 Å². The van der Waals surface area contributed by atoms with Crippen LogP contribution in [0.25, 0.3) is 0 Å². The van der Waals surface area contributed by atoms with Crippen LogP contribution in [0.5, 0.6) is 0 Å². The maximum Gasteiger partial charge on any atom is 0.270 e. The molecule has 1 rings (SSSR count). The zero-order chi connectivity index (χ0) is 12.1. The molecule has 2 N–H and O–H groups in total. The van der Waals surface area contributed by atoms with Crippen molar-refractivity contribution < 1.29 is 14.8 Å². The monoisotopic (exact) mass is 224 g/mol. The molecule has 0 bridgehead atoms. The summed E-state index contributed by atoms with van der Waals surface area (Å²) in [5.41, 5.74) is 0.0683. The Morgan fingerprint density at radius 2 is 2.31 bits per heavy atom. The lowest BCUT2D eigenvalue weighted by Gasteiger charge is -2.10. The molecule has 1 aromatic rings. The molecule has 86 valence electrons. The second-order valence-electron chi connectivity index (χ2n) is 3.36. The number of carbonyl (C=O) groups excluding carboxylic acids is 1. The van der Waals surface area contributed by atoms with Gasteiger partial charge in [-0.2, -0.15) is 0 Å². The van der Waals surface area contributed by atoms with Crippen LogP contribution < -0.4 is 5.32 Å². The first-order valence-electron chi connectivity index (χ1n) is 4.70. The van der Waals surface area contributed by atoms with Crippen molar-refractivity contribution in [1.29, 1.82) is 0 Å². The van der Waals surface area contributed by atoms with Crippen LogP contribution in [-0.2, 0) is 0 Å². The van der Waals surface area contributed by atoms with Crippen LogP contribution in [0.15, 0.2) is 24.3 Å². The molecule has 0 aromatic heterocycles. The van der Waals surface area contributed by atoms with Crippen LogP contribution >= 0.6 is 0 Å². The van der Waals surface area contributed by atoms with Crippen molar-refractivity contribution in [2.45, 2.75) is 13.0 Å². The van der Waals surface area contributed by atoms with Crippen LogP contribution in [0.1, 0.15) is 17.3 Å². The van der Waals surface area contributed by atoms with Crippen LogP contribution in [0.3, 0.4) is 0 Å². The molecular weight excluding hydrogens is 212 g/mol. The number of nitrogens with zero attached hydrogens (tertiary/aromatic N) is 1. The lowest BCUT2D eigenvalue weighted by molar-refractivity contribution is -0.384. The fourth-order valence-electron chi connectivity index (χ4n) is 1.11. The van der Waals surface area contributed by atoms with E-state index < -0.39 is 10.8 Å². The van der Waals surface area contributed by atoms with Crippen LogP contribution in [0.2, 0.25) is 0 Å². The molecular formula is C10H12N2O4. The van der Waals surface area contributed by atoms with E-state index in [1.807, 2.05) is 0 Å². The predicted octanol–water partition coefficient (Wildman–Crippen LogP) is 0.705. The second kappa shape index (κ2) is 5.22. The summed E-state index contributed by atoms with van der Waals surface area (Å²) in [5, 5.41) is 21.7. The molecule has 6 nitrogen and oxygen atoms in total. The molecule has 1 aromatic carbocycles. The van der Waals surface area contributed by atoms with Crippen LogP contribution in [0, 0.1) is 10.1 Å². The number of nitrogens with one attached hydrogen (secondary N) is 1. The van der Waals surface area contributed by atoms with Crippen molar-refractivity contribution in [3.8, 4) is 0 Å². The lowest BCUT2D eigenvalue weighted by atomic mass is 10.2. The van der Waals surface area contributed by atoms with Gasteiger partial charge < -0.3 is 10.4 Å². The van der Waals surface area contributed by atoms with Gasteiger partial charge in [-0.15, -0.1) is 0 Å². The average Bonchev–Trinajstić information content (AvgIpc) is 2.28. The Morgan fingerprint density at radius 3 is 2.88 bits per heavy atom. The highest BCUT2D eigenvalue weighted by Crippen LogP contribution is 2.12. The van der Waals surface area contributed by atoms with Crippen molar-refractivity contribution in [2.24, 2.45) is 0 Å². The lowest BCUT2D eigenvalue weighted by Crippen LogP contribution is -2.34. The summed E-state index contributed by atoms with van der Waals surface area (Å²) < 4.78 is 0. The number of carbonyl (C=O) groups is 1. The van der Waals surface area contributed by atoms with Crippen molar-refractivity contribution in [1.82, 2.24) is 5.32 Å². The smallest absolute Gasteiger partial charge is 0.270 e. The van der Waals surface area contributed by atoms with Crippen molar-refractivity contribution in [3.05, 3.63) is 39.9 Å². The van der Waals surface area contributed by atoms with E-state index in [0.717, 1.165) is 0 Å². The van der Waals surface area contributed by atoms with Gasteiger partial charge in [0.2, 0.25) is 0 Å². The number of nitro benzene ring substituents is 1. The number of amides is 1. The number of aliphatic hydroxyl groups excluding tert-OH is 1. The number of nitro groups is 1. The molecule has 1 unspecified atom stereocenters. The zero-order valence-corrected chi connectivity index (χ0v) is 8.71. The molecule has 1 atom stereocenters. The summed E-state index contributed by atoms with van der Waals surface area (Å²) in [6.45, 7) is 1.45. The number of benzene rings is 1. The summed E-state index contributed by atoms with van der Waals surface area (Å²) in [4.78, 5) is 21.5. The van der Waals surface area contributed by atoms with Gasteiger partial charge in [-0.25, -0.2) is 0 Å². The summed E-state index contributed by atoms with van der Waals surface area (Å²) in [5.74, 6) is -0.440. The van der Waals surface area contributed by atoms with E-state index in [0.29, 0.717) is 0 Å². The normalized spacial score (nSPS) is 11.9. The van der Waals surface area contributed by atoms with E-state index in [9.17, 15) is 14.9 Å². The average molecular weight is 224 g/mol. The van der Waals surface area contributed by atoms with Gasteiger partial charge in [-0.3, -0.25) is 14.9 Å². The quantitative estimate of drug-likeness (QED) is 0.581. The number of hydrogen-bond acceptors (Lipinski definition) is 4. The third-order valence-corrected chi connectivity index (χ3v) is 1.97. The van der Waals surface area contributed by atoms with Gasteiger partial charge in [-0.05, 0) is 13.0 Å². The molecule has 0 aliphatic heterocycles. The van der Waals surface area contributed by atoms with Crippen molar-refractivity contribution in [3.63, 3.8) is 0 Å². The zero-order valence-electron chi connectivity index (χ0n) is 8.71. The highest BCUT2D eigenvalue weighted by atomic mass is 16.6. The molecule has 0 aliphatic rings. The minimum absolute atomic E-state index is 0.135. The van der Waals surface area contributed by atoms with Crippen LogP contribution in [-0.4, -0.2) is 28.6 Å². The molecule has 16 heavy (non-hydrogen) atoms. The number of non-ortho nitro benzene ring substituents is 1. The third kappa shape index (κ3) is 3.03. The SMILES string of the molecule is CC(CO)NC(=O)c1cccc([N+](=O)[O-])c1. The minimum atomic E-state index is -0.563. The van der Waals surface area contributed by atoms with Gasteiger partial charge >= 0.3 is 0 Å². The third-order valence-electron chi connectivity index (χ3n) is 1.97. The number of hydrogen-bond donors (Lipinski definition) is 2. The molecule has 0 heterocycles. The first kappa shape index (κ1) is 12.1. The maximum atomic E-state index is 11.5. The first-order valence-corrected chi connectivity index (χ1v) is 4.70. The largest absolute Gasteiger partial charge is 0.394 e. The molecule has 0 fully saturated rings. The number of aliphatic hydroxyl groups is 1. The van der Waals surface area contributed by atoms with E-state index in [4.69, 9.17) is 5.11 Å². The van der Waals surface area contributed by atoms with E-state index in [1.54, 1.807) is 6.92 Å². The van der Waals surface area contributed by atoms with Gasteiger partial charge in [0.05, 0.1) is 11.5 Å². The fourth-order valence-corrected chi connectivity index (χ4v) is 1.11. The van der Waals surface area contributed by atoms with E-state index in [1.165, 1.54) is 24.3 Å². The summed E-state index contributed by atoms with van der Waals surface area (Å²) in [6, 6.07) is 5.04. The van der Waals surface area contributed by atoms with E-state index in [2.05, 4.69) is 5.32 Å². The van der Waals surface area contributed by atoms with Gasteiger partial charge in [0, 0.05) is 23.7 Å². The first-order chi connectivity index (χ1) is 7.54. The van der Waals surface area contributed by atoms with Crippen molar-refractivity contribution in [2.75, 3.05) is 6.61 Å². The van der Waals surface area contributed by atoms with Crippen LogP contribution in [0.4, 0.5) is 5.69 Å². The topological polar surface area (TPSA) is 92.5 Å². The molecule has 6 heteroatoms. The Bertz CT molecular complexity index is 406. The van der Waals surface area contributed by atoms with E-state index >= 15 is 0 Å². The molecule has 0 aliphatic carbocycles. The van der Waals surface area contributed by atoms with Gasteiger partial charge in [0.15, 0.2) is 0 Å². The van der Waals surface area contributed by atoms with Gasteiger partial charge in [-0.1, -0.05) is 6.07 Å². The standard InChI is InChI=1S/C10H12N2O4/c1-7(6-13)11-10(14)8-3-2-4-9(5-8)12(15)16/h2-5,7,13H,6H2,1H3,(H,11,14). The molecule has 0 saturated heterocycles. The number of rotatable bonds is 4. The Hall–Kier alpha value is -1.95. The molecule has 0 spiro atoms. The van der Waals surface area contributed by atoms with Crippen molar-refractivity contribution >= 4 is 11.6 Å². The molecule has 0 saturated carbocycles. The molecule has 1 amide bonds. The highest BCUT2D eigenvalue weighted by molar-refractivity contribution is 5.94. The fraction of sp³-hybridized carbons (Fsp3) is 0.300. The Balaban J connectivity index is 2.83. The van der Waals surface area contributed by atoms with Gasteiger partial charge in [0.25, 0.3) is 11.6 Å². The summed E-state index contributed by atoms with van der Waals surface area (Å²) >= 11 is 0. The minimum Gasteiger partial charge on any atom is -0.394 e. The second-order valence-corrected chi connectivity index (χ2v) is 3.36. The Labute approximate surface area is 92.0 Å². The predicted molar refractivity (Wildman–Crippen MR) is 57.1 cm³/mol. The highest BCUT2D eigenvalue weighted by Gasteiger charge is 2.12.